The van der Waals surface area contributed by atoms with E-state index in [1.165, 1.54) is 6.07 Å². The van der Waals surface area contributed by atoms with Crippen LogP contribution in [-0.2, 0) is 0 Å². The fourth-order valence-corrected chi connectivity index (χ4v) is 1.63. The Balaban J connectivity index is 1.95. The highest BCUT2D eigenvalue weighted by atomic mass is 19.1. The van der Waals surface area contributed by atoms with Crippen molar-refractivity contribution in [1.82, 2.24) is 5.32 Å². The van der Waals surface area contributed by atoms with Crippen molar-refractivity contribution in [3.63, 3.8) is 0 Å². The Morgan fingerprint density at radius 1 is 1.47 bits per heavy atom. The zero-order valence-electron chi connectivity index (χ0n) is 8.37. The van der Waals surface area contributed by atoms with E-state index in [1.807, 2.05) is 0 Å². The summed E-state index contributed by atoms with van der Waals surface area (Å²) in [5.74, 6) is -0.204. The van der Waals surface area contributed by atoms with Crippen LogP contribution >= 0.6 is 0 Å². The molecule has 0 bridgehead atoms. The second-order valence-electron chi connectivity index (χ2n) is 3.87. The molecule has 1 saturated heterocycles. The molecule has 0 spiro atoms. The lowest BCUT2D eigenvalue weighted by Gasteiger charge is -2.21. The van der Waals surface area contributed by atoms with Crippen LogP contribution in [0, 0.1) is 5.82 Å². The van der Waals surface area contributed by atoms with E-state index < -0.39 is 11.4 Å². The van der Waals surface area contributed by atoms with Crippen molar-refractivity contribution < 1.29 is 14.2 Å². The van der Waals surface area contributed by atoms with Crippen molar-refractivity contribution in [2.24, 2.45) is 0 Å². The van der Waals surface area contributed by atoms with Crippen LogP contribution in [0.15, 0.2) is 24.3 Å². The molecule has 1 aliphatic rings. The number of hydrogen-bond donors (Lipinski definition) is 2. The maximum absolute atomic E-state index is 13.2. The summed E-state index contributed by atoms with van der Waals surface area (Å²) in [5.41, 5.74) is -0.859. The first-order valence-corrected chi connectivity index (χ1v) is 5.00. The summed E-state index contributed by atoms with van der Waals surface area (Å²) in [6, 6.07) is 6.21. The summed E-state index contributed by atoms with van der Waals surface area (Å²) < 4.78 is 18.4. The summed E-state index contributed by atoms with van der Waals surface area (Å²) in [7, 11) is 0. The van der Waals surface area contributed by atoms with Gasteiger partial charge in [-0.15, -0.1) is 0 Å². The van der Waals surface area contributed by atoms with E-state index in [2.05, 4.69) is 5.32 Å². The molecule has 2 N–H and O–H groups in total. The van der Waals surface area contributed by atoms with E-state index >= 15 is 0 Å². The predicted octanol–water partition coefficient (Wildman–Crippen LogP) is 0.929. The largest absolute Gasteiger partial charge is 0.487 e. The summed E-state index contributed by atoms with van der Waals surface area (Å²) in [6.07, 6.45) is 0.640. The molecule has 15 heavy (non-hydrogen) atoms. The number of benzene rings is 1. The van der Waals surface area contributed by atoms with Gasteiger partial charge in [0.05, 0.1) is 0 Å². The molecule has 0 aliphatic carbocycles. The SMILES string of the molecule is OC1(COc2ccccc2F)CCNC1. The Hall–Kier alpha value is -1.13. The van der Waals surface area contributed by atoms with Gasteiger partial charge < -0.3 is 15.2 Å². The number of ether oxygens (including phenoxy) is 1. The highest BCUT2D eigenvalue weighted by Crippen LogP contribution is 2.20. The molecule has 3 nitrogen and oxygen atoms in total. The molecule has 1 aliphatic heterocycles. The first-order valence-electron chi connectivity index (χ1n) is 5.00. The third-order valence-electron chi connectivity index (χ3n) is 2.55. The Morgan fingerprint density at radius 3 is 2.93 bits per heavy atom. The molecule has 1 aromatic rings. The van der Waals surface area contributed by atoms with E-state index in [-0.39, 0.29) is 12.4 Å². The van der Waals surface area contributed by atoms with Gasteiger partial charge in [0.25, 0.3) is 0 Å². The number of para-hydroxylation sites is 1. The van der Waals surface area contributed by atoms with Crippen LogP contribution in [-0.4, -0.2) is 30.4 Å². The molecule has 0 saturated carbocycles. The molecule has 2 rings (SSSR count). The molecule has 0 amide bonds. The van der Waals surface area contributed by atoms with E-state index in [0.717, 1.165) is 6.54 Å². The topological polar surface area (TPSA) is 41.5 Å². The number of rotatable bonds is 3. The van der Waals surface area contributed by atoms with Gasteiger partial charge in [0.1, 0.15) is 12.2 Å². The minimum atomic E-state index is -0.859. The van der Waals surface area contributed by atoms with Gasteiger partial charge in [0.2, 0.25) is 0 Å². The fourth-order valence-electron chi connectivity index (χ4n) is 1.63. The zero-order chi connectivity index (χ0) is 10.7. The number of aliphatic hydroxyl groups is 1. The standard InChI is InChI=1S/C11H14FNO2/c12-9-3-1-2-4-10(9)15-8-11(14)5-6-13-7-11/h1-4,13-14H,5-8H2. The van der Waals surface area contributed by atoms with E-state index in [9.17, 15) is 9.50 Å². The van der Waals surface area contributed by atoms with Crippen molar-refractivity contribution in [2.75, 3.05) is 19.7 Å². The number of hydrogen-bond acceptors (Lipinski definition) is 3. The molecule has 0 aromatic heterocycles. The molecule has 1 atom stereocenters. The minimum Gasteiger partial charge on any atom is -0.487 e. The summed E-state index contributed by atoms with van der Waals surface area (Å²) in [5, 5.41) is 13.0. The van der Waals surface area contributed by atoms with Gasteiger partial charge in [-0.25, -0.2) is 4.39 Å². The van der Waals surface area contributed by atoms with Gasteiger partial charge in [-0.05, 0) is 25.1 Å². The van der Waals surface area contributed by atoms with Gasteiger partial charge in [-0.3, -0.25) is 0 Å². The van der Waals surface area contributed by atoms with Crippen molar-refractivity contribution >= 4 is 0 Å². The van der Waals surface area contributed by atoms with Gasteiger partial charge in [-0.2, -0.15) is 0 Å². The average Bonchev–Trinajstić information content (AvgIpc) is 2.65. The van der Waals surface area contributed by atoms with Gasteiger partial charge in [0, 0.05) is 6.54 Å². The lowest BCUT2D eigenvalue weighted by molar-refractivity contribution is 0.0118. The first-order chi connectivity index (χ1) is 7.20. The van der Waals surface area contributed by atoms with Gasteiger partial charge in [-0.1, -0.05) is 12.1 Å². The van der Waals surface area contributed by atoms with Crippen molar-refractivity contribution in [3.05, 3.63) is 30.1 Å². The Morgan fingerprint density at radius 2 is 2.27 bits per heavy atom. The minimum absolute atomic E-state index is 0.126. The van der Waals surface area contributed by atoms with Crippen LogP contribution in [0.4, 0.5) is 4.39 Å². The first kappa shape index (κ1) is 10.4. The van der Waals surface area contributed by atoms with E-state index in [1.54, 1.807) is 18.2 Å². The summed E-state index contributed by atoms with van der Waals surface area (Å²) in [6.45, 7) is 1.40. The second kappa shape index (κ2) is 4.16. The zero-order valence-corrected chi connectivity index (χ0v) is 8.37. The van der Waals surface area contributed by atoms with Crippen LogP contribution < -0.4 is 10.1 Å². The fraction of sp³-hybridized carbons (Fsp3) is 0.455. The number of nitrogens with one attached hydrogen (secondary N) is 1. The molecule has 0 radical (unpaired) electrons. The normalized spacial score (nSPS) is 25.5. The molecule has 4 heteroatoms. The highest BCUT2D eigenvalue weighted by molar-refractivity contribution is 5.23. The number of β-amino-alcohol motifs (C(OH)–C–C–N with tert-alkyl or cyclic N) is 1. The smallest absolute Gasteiger partial charge is 0.165 e. The number of halogens is 1. The lowest BCUT2D eigenvalue weighted by atomic mass is 10.1. The van der Waals surface area contributed by atoms with Gasteiger partial charge >= 0.3 is 0 Å². The maximum atomic E-state index is 13.2. The van der Waals surface area contributed by atoms with Crippen molar-refractivity contribution in [2.45, 2.75) is 12.0 Å². The van der Waals surface area contributed by atoms with Crippen LogP contribution in [0.25, 0.3) is 0 Å². The van der Waals surface area contributed by atoms with Crippen LogP contribution in [0.3, 0.4) is 0 Å². The quantitative estimate of drug-likeness (QED) is 0.781. The molecular weight excluding hydrogens is 197 g/mol. The Labute approximate surface area is 87.9 Å². The molecule has 1 fully saturated rings. The van der Waals surface area contributed by atoms with E-state index in [0.29, 0.717) is 13.0 Å². The molecule has 1 aromatic carbocycles. The lowest BCUT2D eigenvalue weighted by Crippen LogP contribution is -2.38. The third kappa shape index (κ3) is 2.46. The molecule has 1 unspecified atom stereocenters. The van der Waals surface area contributed by atoms with Gasteiger partial charge in [0.15, 0.2) is 11.6 Å². The molecule has 82 valence electrons. The predicted molar refractivity (Wildman–Crippen MR) is 54.3 cm³/mol. The molecule has 1 heterocycles. The monoisotopic (exact) mass is 211 g/mol. The molecular formula is C11H14FNO2. The summed E-state index contributed by atoms with van der Waals surface area (Å²) in [4.78, 5) is 0. The maximum Gasteiger partial charge on any atom is 0.165 e. The Bertz CT molecular complexity index is 337. The van der Waals surface area contributed by atoms with Crippen molar-refractivity contribution in [1.29, 1.82) is 0 Å². The Kier molecular flexibility index (Phi) is 2.88. The van der Waals surface area contributed by atoms with E-state index in [4.69, 9.17) is 4.74 Å². The third-order valence-corrected chi connectivity index (χ3v) is 2.55. The second-order valence-corrected chi connectivity index (χ2v) is 3.87. The van der Waals surface area contributed by atoms with Crippen LogP contribution in [0.5, 0.6) is 5.75 Å². The van der Waals surface area contributed by atoms with Crippen molar-refractivity contribution in [3.8, 4) is 5.75 Å². The van der Waals surface area contributed by atoms with Crippen LogP contribution in [0.1, 0.15) is 6.42 Å². The highest BCUT2D eigenvalue weighted by Gasteiger charge is 2.32. The summed E-state index contributed by atoms with van der Waals surface area (Å²) >= 11 is 0. The average molecular weight is 211 g/mol. The van der Waals surface area contributed by atoms with Crippen LogP contribution in [0.2, 0.25) is 0 Å².